The van der Waals surface area contributed by atoms with Crippen LogP contribution in [0.15, 0.2) is 60.4 Å². The predicted molar refractivity (Wildman–Crippen MR) is 110 cm³/mol. The minimum atomic E-state index is 0.417. The summed E-state index contributed by atoms with van der Waals surface area (Å²) in [7, 11) is 0. The fraction of sp³-hybridized carbons (Fsp3) is 0.304. The van der Waals surface area contributed by atoms with Crippen LogP contribution in [-0.4, -0.2) is 16.7 Å². The summed E-state index contributed by atoms with van der Waals surface area (Å²) in [4.78, 5) is 9.50. The molecular weight excluding hydrogens is 318 g/mol. The first-order valence-electron chi connectivity index (χ1n) is 9.34. The minimum absolute atomic E-state index is 0.417. The van der Waals surface area contributed by atoms with Crippen molar-refractivity contribution in [2.75, 3.05) is 0 Å². The van der Waals surface area contributed by atoms with Gasteiger partial charge >= 0.3 is 0 Å². The average Bonchev–Trinajstić information content (AvgIpc) is 2.62. The highest BCUT2D eigenvalue weighted by Crippen LogP contribution is 2.24. The Morgan fingerprint density at radius 1 is 1.23 bits per heavy atom. The van der Waals surface area contributed by atoms with Crippen molar-refractivity contribution < 1.29 is 0 Å². The highest BCUT2D eigenvalue weighted by Gasteiger charge is 2.18. The quantitative estimate of drug-likeness (QED) is 0.744. The van der Waals surface area contributed by atoms with Gasteiger partial charge in [0.15, 0.2) is 0 Å². The van der Waals surface area contributed by atoms with Gasteiger partial charge in [0.2, 0.25) is 0 Å². The highest BCUT2D eigenvalue weighted by molar-refractivity contribution is 6.08. The van der Waals surface area contributed by atoms with Crippen LogP contribution in [0.1, 0.15) is 47.2 Å². The maximum absolute atomic E-state index is 5.67. The monoisotopic (exact) mass is 345 g/mol. The standard InChI is InChI=1S/C23H27N3/c1-3-21-17(2)7-4-8-18(21)12-13-19-9-6-16-25-23(19)22(14-15-24)26-20-10-5-11-20/h3-4,6-9,14-16,20H,1,5,10-13,24H2,2H3. The molecule has 0 amide bonds. The molecule has 1 aromatic carbocycles. The number of nitrogens with zero attached hydrogens (tertiary/aromatic N) is 2. The van der Waals surface area contributed by atoms with Crippen LogP contribution in [0.25, 0.3) is 6.08 Å². The van der Waals surface area contributed by atoms with Crippen LogP contribution in [0.4, 0.5) is 0 Å². The zero-order valence-corrected chi connectivity index (χ0v) is 15.5. The van der Waals surface area contributed by atoms with E-state index >= 15 is 0 Å². The van der Waals surface area contributed by atoms with Crippen LogP contribution in [-0.2, 0) is 12.8 Å². The summed E-state index contributed by atoms with van der Waals surface area (Å²) >= 11 is 0. The minimum Gasteiger partial charge on any atom is -0.405 e. The zero-order valence-electron chi connectivity index (χ0n) is 15.5. The highest BCUT2D eigenvalue weighted by atomic mass is 14.8. The molecule has 134 valence electrons. The lowest BCUT2D eigenvalue weighted by atomic mass is 9.93. The lowest BCUT2D eigenvalue weighted by Crippen LogP contribution is -2.18. The third-order valence-electron chi connectivity index (χ3n) is 5.07. The fourth-order valence-electron chi connectivity index (χ4n) is 3.38. The number of aromatic nitrogens is 1. The molecule has 1 fully saturated rings. The molecule has 3 nitrogen and oxygen atoms in total. The molecule has 2 aromatic rings. The maximum atomic E-state index is 5.67. The van der Waals surface area contributed by atoms with Crippen LogP contribution in [0.2, 0.25) is 0 Å². The third-order valence-corrected chi connectivity index (χ3v) is 5.07. The molecule has 1 aromatic heterocycles. The van der Waals surface area contributed by atoms with E-state index < -0.39 is 0 Å². The first kappa shape index (κ1) is 18.1. The van der Waals surface area contributed by atoms with Gasteiger partial charge in [-0.2, -0.15) is 0 Å². The Bertz CT molecular complexity index is 829. The van der Waals surface area contributed by atoms with E-state index in [9.17, 15) is 0 Å². The molecule has 3 rings (SSSR count). The van der Waals surface area contributed by atoms with Gasteiger partial charge in [-0.25, -0.2) is 0 Å². The molecule has 0 spiro atoms. The third kappa shape index (κ3) is 4.10. The van der Waals surface area contributed by atoms with Gasteiger partial charge in [-0.15, -0.1) is 0 Å². The van der Waals surface area contributed by atoms with Gasteiger partial charge in [-0.05, 0) is 79.6 Å². The second kappa shape index (κ2) is 8.61. The summed E-state index contributed by atoms with van der Waals surface area (Å²) in [6.07, 6.45) is 12.7. The molecule has 2 N–H and O–H groups in total. The number of nitrogens with two attached hydrogens (primary N) is 1. The molecule has 0 unspecified atom stereocenters. The summed E-state index contributed by atoms with van der Waals surface area (Å²) in [5, 5.41) is 0. The smallest absolute Gasteiger partial charge is 0.0914 e. The van der Waals surface area contributed by atoms with Crippen molar-refractivity contribution >= 4 is 11.8 Å². The Morgan fingerprint density at radius 2 is 2.00 bits per heavy atom. The Balaban J connectivity index is 1.86. The van der Waals surface area contributed by atoms with Gasteiger partial charge in [0.25, 0.3) is 0 Å². The van der Waals surface area contributed by atoms with Crippen molar-refractivity contribution in [2.24, 2.45) is 10.7 Å². The van der Waals surface area contributed by atoms with Gasteiger partial charge in [0, 0.05) is 6.20 Å². The fourth-order valence-corrected chi connectivity index (χ4v) is 3.38. The molecule has 0 bridgehead atoms. The van der Waals surface area contributed by atoms with Crippen molar-refractivity contribution in [3.05, 3.63) is 83.3 Å². The van der Waals surface area contributed by atoms with Crippen LogP contribution >= 0.6 is 0 Å². The van der Waals surface area contributed by atoms with Gasteiger partial charge in [0.1, 0.15) is 0 Å². The number of allylic oxidation sites excluding steroid dienone is 1. The molecule has 0 saturated heterocycles. The van der Waals surface area contributed by atoms with E-state index in [1.165, 1.54) is 28.7 Å². The maximum Gasteiger partial charge on any atom is 0.0914 e. The second-order valence-corrected chi connectivity index (χ2v) is 6.82. The molecule has 3 heteroatoms. The van der Waals surface area contributed by atoms with Crippen LogP contribution in [0, 0.1) is 6.92 Å². The number of aryl methyl sites for hydroxylation is 3. The second-order valence-electron chi connectivity index (χ2n) is 6.82. The van der Waals surface area contributed by atoms with E-state index in [0.717, 1.165) is 37.1 Å². The summed E-state index contributed by atoms with van der Waals surface area (Å²) in [6, 6.07) is 11.0. The van der Waals surface area contributed by atoms with Gasteiger partial charge in [-0.1, -0.05) is 36.9 Å². The number of benzene rings is 1. The van der Waals surface area contributed by atoms with Crippen molar-refractivity contribution in [3.8, 4) is 0 Å². The first-order chi connectivity index (χ1) is 12.7. The van der Waals surface area contributed by atoms with Crippen LogP contribution in [0.5, 0.6) is 0 Å². The van der Waals surface area contributed by atoms with Crippen molar-refractivity contribution in [3.63, 3.8) is 0 Å². The summed E-state index contributed by atoms with van der Waals surface area (Å²) in [5.74, 6) is 0. The van der Waals surface area contributed by atoms with Gasteiger partial charge in [-0.3, -0.25) is 9.98 Å². The van der Waals surface area contributed by atoms with Gasteiger partial charge in [0.05, 0.1) is 17.4 Å². The molecular formula is C23H27N3. The Hall–Kier alpha value is -2.68. The molecule has 1 aliphatic carbocycles. The molecule has 0 atom stereocenters. The van der Waals surface area contributed by atoms with E-state index in [-0.39, 0.29) is 0 Å². The molecule has 1 saturated carbocycles. The number of hydrogen-bond acceptors (Lipinski definition) is 3. The van der Waals surface area contributed by atoms with E-state index in [2.05, 4.69) is 42.8 Å². The molecule has 1 heterocycles. The summed E-state index contributed by atoms with van der Waals surface area (Å²) in [6.45, 7) is 6.10. The number of hydrogen-bond donors (Lipinski definition) is 1. The van der Waals surface area contributed by atoms with Crippen molar-refractivity contribution in [2.45, 2.75) is 45.1 Å². The first-order valence-corrected chi connectivity index (χ1v) is 9.34. The number of pyridine rings is 1. The molecule has 0 aliphatic heterocycles. The van der Waals surface area contributed by atoms with Gasteiger partial charge < -0.3 is 5.73 Å². The van der Waals surface area contributed by atoms with Crippen LogP contribution < -0.4 is 5.73 Å². The lowest BCUT2D eigenvalue weighted by Gasteiger charge is -2.22. The molecule has 0 radical (unpaired) electrons. The number of aliphatic imine (C=N–C) groups is 1. The van der Waals surface area contributed by atoms with Crippen molar-refractivity contribution in [1.82, 2.24) is 4.98 Å². The number of rotatable bonds is 7. The van der Waals surface area contributed by atoms with Crippen molar-refractivity contribution in [1.29, 1.82) is 0 Å². The SMILES string of the molecule is C=Cc1c(C)cccc1CCc1cccnc1C(C=CN)=NC1CCC1. The zero-order chi connectivity index (χ0) is 18.4. The van der Waals surface area contributed by atoms with E-state index in [0.29, 0.717) is 6.04 Å². The molecule has 26 heavy (non-hydrogen) atoms. The van der Waals surface area contributed by atoms with Crippen LogP contribution in [0.3, 0.4) is 0 Å². The Morgan fingerprint density at radius 3 is 2.69 bits per heavy atom. The van der Waals surface area contributed by atoms with E-state index in [1.54, 1.807) is 6.20 Å². The largest absolute Gasteiger partial charge is 0.405 e. The lowest BCUT2D eigenvalue weighted by molar-refractivity contribution is 0.420. The average molecular weight is 345 g/mol. The topological polar surface area (TPSA) is 51.3 Å². The Labute approximate surface area is 156 Å². The van der Waals surface area contributed by atoms with E-state index in [1.807, 2.05) is 24.4 Å². The molecule has 1 aliphatic rings. The Kier molecular flexibility index (Phi) is 6.00. The summed E-state index contributed by atoms with van der Waals surface area (Å²) < 4.78 is 0. The normalized spacial score (nSPS) is 15.2. The predicted octanol–water partition coefficient (Wildman–Crippen LogP) is 4.63. The summed E-state index contributed by atoms with van der Waals surface area (Å²) in [5.41, 5.74) is 12.6. The van der Waals surface area contributed by atoms with E-state index in [4.69, 9.17) is 10.7 Å².